The maximum atomic E-state index is 12.1. The number of aromatic nitrogens is 1. The van der Waals surface area contributed by atoms with E-state index in [0.717, 1.165) is 35.8 Å². The number of hydrogen-bond donors (Lipinski definition) is 0. The summed E-state index contributed by atoms with van der Waals surface area (Å²) in [4.78, 5) is 20.8. The van der Waals surface area contributed by atoms with E-state index in [-0.39, 0.29) is 5.91 Å². The predicted molar refractivity (Wildman–Crippen MR) is 86.3 cm³/mol. The fraction of sp³-hybridized carbons (Fsp3) is 0.375. The lowest BCUT2D eigenvalue weighted by atomic mass is 9.96. The first-order chi connectivity index (χ1) is 10.1. The van der Waals surface area contributed by atoms with Gasteiger partial charge in [-0.1, -0.05) is 0 Å². The lowest BCUT2D eigenvalue weighted by Crippen LogP contribution is -2.31. The van der Waals surface area contributed by atoms with Crippen LogP contribution < -0.4 is 9.80 Å². The van der Waals surface area contributed by atoms with Gasteiger partial charge in [0, 0.05) is 31.6 Å². The van der Waals surface area contributed by atoms with Crippen molar-refractivity contribution >= 4 is 28.1 Å². The second-order valence-electron chi connectivity index (χ2n) is 5.88. The molecule has 0 N–H and O–H groups in total. The van der Waals surface area contributed by atoms with Crippen molar-refractivity contribution in [2.24, 2.45) is 0 Å². The van der Waals surface area contributed by atoms with Crippen LogP contribution in [0.15, 0.2) is 17.5 Å². The van der Waals surface area contributed by atoms with Gasteiger partial charge in [-0.2, -0.15) is 0 Å². The minimum Gasteiger partial charge on any atom is -0.354 e. The number of hydrogen-bond acceptors (Lipinski definition) is 4. The fourth-order valence-electron chi connectivity index (χ4n) is 3.23. The van der Waals surface area contributed by atoms with Gasteiger partial charge >= 0.3 is 0 Å². The van der Waals surface area contributed by atoms with Crippen molar-refractivity contribution < 1.29 is 4.79 Å². The molecule has 108 valence electrons. The van der Waals surface area contributed by atoms with Crippen LogP contribution in [0.4, 0.5) is 10.8 Å². The number of rotatable bonds is 2. The van der Waals surface area contributed by atoms with Crippen LogP contribution in [-0.2, 0) is 17.6 Å². The van der Waals surface area contributed by atoms with Crippen LogP contribution in [-0.4, -0.2) is 31.5 Å². The Bertz CT molecular complexity index is 735. The van der Waals surface area contributed by atoms with E-state index in [2.05, 4.69) is 22.5 Å². The van der Waals surface area contributed by atoms with Crippen LogP contribution in [0.2, 0.25) is 0 Å². The molecule has 2 aromatic rings. The van der Waals surface area contributed by atoms with E-state index in [1.807, 2.05) is 23.9 Å². The number of aryl methyl sites for hydroxylation is 1. The van der Waals surface area contributed by atoms with E-state index in [1.165, 1.54) is 16.8 Å². The zero-order valence-corrected chi connectivity index (χ0v) is 13.0. The van der Waals surface area contributed by atoms with Crippen molar-refractivity contribution in [2.45, 2.75) is 19.3 Å². The number of carbonyl (C=O) groups is 1. The molecular formula is C16H17N3OS. The van der Waals surface area contributed by atoms with Crippen LogP contribution >= 0.6 is 11.3 Å². The molecule has 0 radical (unpaired) electrons. The van der Waals surface area contributed by atoms with Gasteiger partial charge in [-0.05, 0) is 36.1 Å². The van der Waals surface area contributed by atoms with Gasteiger partial charge in [0.1, 0.15) is 0 Å². The number of carbonyl (C=O) groups excluding carboxylic acids is 1. The maximum Gasteiger partial charge on any atom is 0.231 e. The maximum absolute atomic E-state index is 12.1. The van der Waals surface area contributed by atoms with Gasteiger partial charge in [0.15, 0.2) is 5.13 Å². The smallest absolute Gasteiger partial charge is 0.231 e. The Morgan fingerprint density at radius 2 is 2.10 bits per heavy atom. The van der Waals surface area contributed by atoms with Crippen LogP contribution in [0.25, 0.3) is 11.3 Å². The van der Waals surface area contributed by atoms with Crippen molar-refractivity contribution in [3.8, 4) is 11.3 Å². The van der Waals surface area contributed by atoms with Crippen molar-refractivity contribution in [3.63, 3.8) is 0 Å². The SMILES string of the molecule is CN(C)c1nc(-c2cc3c4c(c2)CC(=O)N4CCC3)cs1. The Labute approximate surface area is 128 Å². The average molecular weight is 299 g/mol. The first-order valence-corrected chi connectivity index (χ1v) is 8.11. The average Bonchev–Trinajstić information content (AvgIpc) is 3.06. The molecule has 1 amide bonds. The Morgan fingerprint density at radius 3 is 2.86 bits per heavy atom. The summed E-state index contributed by atoms with van der Waals surface area (Å²) in [6, 6.07) is 4.37. The molecule has 0 saturated heterocycles. The summed E-state index contributed by atoms with van der Waals surface area (Å²) in [7, 11) is 4.01. The summed E-state index contributed by atoms with van der Waals surface area (Å²) in [6.07, 6.45) is 2.66. The van der Waals surface area contributed by atoms with E-state index >= 15 is 0 Å². The summed E-state index contributed by atoms with van der Waals surface area (Å²) in [5, 5.41) is 3.11. The molecular weight excluding hydrogens is 282 g/mol. The van der Waals surface area contributed by atoms with Crippen molar-refractivity contribution in [1.82, 2.24) is 4.98 Å². The minimum atomic E-state index is 0.246. The molecule has 4 nitrogen and oxygen atoms in total. The first-order valence-electron chi connectivity index (χ1n) is 7.23. The van der Waals surface area contributed by atoms with Crippen molar-refractivity contribution in [2.75, 3.05) is 30.4 Å². The van der Waals surface area contributed by atoms with Gasteiger partial charge in [-0.25, -0.2) is 4.98 Å². The third kappa shape index (κ3) is 1.95. The second kappa shape index (κ2) is 4.56. The normalized spacial score (nSPS) is 16.3. The van der Waals surface area contributed by atoms with E-state index in [0.29, 0.717) is 6.42 Å². The summed E-state index contributed by atoms with van der Waals surface area (Å²) in [6.45, 7) is 0.875. The van der Waals surface area contributed by atoms with Crippen LogP contribution in [0.1, 0.15) is 17.5 Å². The Balaban J connectivity index is 1.81. The molecule has 21 heavy (non-hydrogen) atoms. The predicted octanol–water partition coefficient (Wildman–Crippen LogP) is 2.71. The highest BCUT2D eigenvalue weighted by Crippen LogP contribution is 2.40. The lowest BCUT2D eigenvalue weighted by molar-refractivity contribution is -0.117. The van der Waals surface area contributed by atoms with Crippen LogP contribution in [0, 0.1) is 0 Å². The van der Waals surface area contributed by atoms with Gasteiger partial charge in [0.2, 0.25) is 5.91 Å². The van der Waals surface area contributed by atoms with Gasteiger partial charge in [0.25, 0.3) is 0 Å². The molecule has 2 aliphatic rings. The van der Waals surface area contributed by atoms with Gasteiger partial charge < -0.3 is 9.80 Å². The molecule has 0 fully saturated rings. The topological polar surface area (TPSA) is 36.4 Å². The Hall–Kier alpha value is -1.88. The third-order valence-electron chi connectivity index (χ3n) is 4.18. The standard InChI is InChI=1S/C16H17N3OS/c1-18(2)16-17-13(9-21-16)11-6-10-4-3-5-19-14(20)8-12(7-11)15(10)19/h6-7,9H,3-5,8H2,1-2H3. The zero-order valence-electron chi connectivity index (χ0n) is 12.2. The quantitative estimate of drug-likeness (QED) is 0.855. The monoisotopic (exact) mass is 299 g/mol. The number of amides is 1. The number of anilines is 2. The first kappa shape index (κ1) is 12.8. The molecule has 0 saturated carbocycles. The van der Waals surface area contributed by atoms with Crippen LogP contribution in [0.3, 0.4) is 0 Å². The number of thiazole rings is 1. The summed E-state index contributed by atoms with van der Waals surface area (Å²) >= 11 is 1.65. The summed E-state index contributed by atoms with van der Waals surface area (Å²) in [5.74, 6) is 0.246. The molecule has 0 atom stereocenters. The molecule has 4 rings (SSSR count). The Morgan fingerprint density at radius 1 is 1.29 bits per heavy atom. The highest BCUT2D eigenvalue weighted by atomic mass is 32.1. The van der Waals surface area contributed by atoms with E-state index < -0.39 is 0 Å². The zero-order chi connectivity index (χ0) is 14.6. The molecule has 0 aliphatic carbocycles. The third-order valence-corrected chi connectivity index (χ3v) is 5.19. The molecule has 0 spiro atoms. The summed E-state index contributed by atoms with van der Waals surface area (Å²) < 4.78 is 0. The molecule has 1 aromatic heterocycles. The number of benzene rings is 1. The Kier molecular flexibility index (Phi) is 2.79. The highest BCUT2D eigenvalue weighted by molar-refractivity contribution is 7.14. The summed E-state index contributed by atoms with van der Waals surface area (Å²) in [5.41, 5.74) is 5.81. The largest absolute Gasteiger partial charge is 0.354 e. The van der Waals surface area contributed by atoms with E-state index in [4.69, 9.17) is 0 Å². The van der Waals surface area contributed by atoms with Crippen LogP contribution in [0.5, 0.6) is 0 Å². The second-order valence-corrected chi connectivity index (χ2v) is 6.72. The molecule has 5 heteroatoms. The van der Waals surface area contributed by atoms with E-state index in [1.54, 1.807) is 11.3 Å². The lowest BCUT2D eigenvalue weighted by Gasteiger charge is -2.25. The highest BCUT2D eigenvalue weighted by Gasteiger charge is 2.32. The fourth-order valence-corrected chi connectivity index (χ4v) is 4.00. The van der Waals surface area contributed by atoms with Gasteiger partial charge in [-0.15, -0.1) is 11.3 Å². The van der Waals surface area contributed by atoms with Crippen molar-refractivity contribution in [3.05, 3.63) is 28.6 Å². The molecule has 1 aromatic carbocycles. The minimum absolute atomic E-state index is 0.246. The van der Waals surface area contributed by atoms with Gasteiger partial charge in [0.05, 0.1) is 17.8 Å². The molecule has 2 aliphatic heterocycles. The van der Waals surface area contributed by atoms with Crippen molar-refractivity contribution in [1.29, 1.82) is 0 Å². The van der Waals surface area contributed by atoms with E-state index in [9.17, 15) is 4.79 Å². The molecule has 0 unspecified atom stereocenters. The number of nitrogens with zero attached hydrogens (tertiary/aromatic N) is 3. The van der Waals surface area contributed by atoms with Gasteiger partial charge in [-0.3, -0.25) is 4.79 Å². The molecule has 0 bridgehead atoms. The molecule has 3 heterocycles.